The maximum absolute atomic E-state index is 13.7. The topological polar surface area (TPSA) is 65.6 Å². The molecule has 1 atom stereocenters. The van der Waals surface area contributed by atoms with Crippen molar-refractivity contribution in [3.63, 3.8) is 0 Å². The fourth-order valence-corrected chi connectivity index (χ4v) is 5.57. The first-order valence-corrected chi connectivity index (χ1v) is 11.4. The van der Waals surface area contributed by atoms with Gasteiger partial charge in [-0.15, -0.1) is 0 Å². The summed E-state index contributed by atoms with van der Waals surface area (Å²) in [6, 6.07) is 15.1. The molecule has 2 aromatic heterocycles. The molecule has 0 N–H and O–H groups in total. The van der Waals surface area contributed by atoms with E-state index in [2.05, 4.69) is 4.99 Å². The highest BCUT2D eigenvalue weighted by molar-refractivity contribution is 7.07. The van der Waals surface area contributed by atoms with Gasteiger partial charge in [0.25, 0.3) is 5.56 Å². The largest absolute Gasteiger partial charge is 0.496 e. The number of carbonyl (C=O) groups is 1. The van der Waals surface area contributed by atoms with Crippen LogP contribution in [0.4, 0.5) is 0 Å². The molecule has 4 aromatic rings. The van der Waals surface area contributed by atoms with Crippen molar-refractivity contribution in [2.45, 2.75) is 19.9 Å². The third-order valence-corrected chi connectivity index (χ3v) is 7.07. The summed E-state index contributed by atoms with van der Waals surface area (Å²) in [5.41, 5.74) is 2.66. The van der Waals surface area contributed by atoms with Crippen LogP contribution < -0.4 is 19.6 Å². The lowest BCUT2D eigenvalue weighted by atomic mass is 9.89. The first kappa shape index (κ1) is 21.2. The molecule has 0 bridgehead atoms. The van der Waals surface area contributed by atoms with Gasteiger partial charge in [-0.05, 0) is 48.9 Å². The molecule has 33 heavy (non-hydrogen) atoms. The summed E-state index contributed by atoms with van der Waals surface area (Å²) in [6.45, 7) is 3.36. The molecule has 0 spiro atoms. The highest BCUT2D eigenvalue weighted by Crippen LogP contribution is 2.40. The molecule has 5 rings (SSSR count). The van der Waals surface area contributed by atoms with Gasteiger partial charge in [-0.1, -0.05) is 41.7 Å². The summed E-state index contributed by atoms with van der Waals surface area (Å²) >= 11 is 1.33. The molecule has 0 saturated carbocycles. The average molecular weight is 458 g/mol. The third-order valence-electron chi connectivity index (χ3n) is 6.09. The summed E-state index contributed by atoms with van der Waals surface area (Å²) in [5, 5.41) is 1.95. The Balaban J connectivity index is 1.89. The van der Waals surface area contributed by atoms with Gasteiger partial charge in [0.05, 0.1) is 17.7 Å². The number of methoxy groups -OCH3 is 1. The molecule has 0 aliphatic carbocycles. The van der Waals surface area contributed by atoms with Crippen LogP contribution in [0.3, 0.4) is 0 Å². The highest BCUT2D eigenvalue weighted by atomic mass is 32.1. The van der Waals surface area contributed by atoms with E-state index in [1.807, 2.05) is 79.3 Å². The predicted octanol–water partition coefficient (Wildman–Crippen LogP) is 3.32. The minimum absolute atomic E-state index is 0.118. The molecule has 3 heterocycles. The zero-order chi connectivity index (χ0) is 23.3. The lowest BCUT2D eigenvalue weighted by molar-refractivity contribution is -0.114. The maximum atomic E-state index is 13.7. The fraction of sp³-hybridized carbons (Fsp3) is 0.192. The quantitative estimate of drug-likeness (QED) is 0.472. The molecule has 0 unspecified atom stereocenters. The number of thiazole rings is 1. The first-order valence-electron chi connectivity index (χ1n) is 10.6. The monoisotopic (exact) mass is 457 g/mol. The van der Waals surface area contributed by atoms with Gasteiger partial charge < -0.3 is 9.30 Å². The standard InChI is InChI=1S/C26H23N3O3S/c1-15-22(16(2)30)24(23-19-10-6-5-8-17(19)11-12-20(23)32-4)29-25(31)21(33-26(29)27-15)14-18-9-7-13-28(18)3/h5-14,24H,1-4H3/b21-14-/t24-/m0/s1. The molecule has 166 valence electrons. The number of Topliss-reactive ketones (excluding diaryl/α,β-unsaturated/α-hetero) is 1. The average Bonchev–Trinajstić information content (AvgIpc) is 3.34. The lowest BCUT2D eigenvalue weighted by Crippen LogP contribution is -2.39. The summed E-state index contributed by atoms with van der Waals surface area (Å²) in [6.07, 6.45) is 3.80. The third kappa shape index (κ3) is 3.36. The Bertz CT molecular complexity index is 1640. The fourth-order valence-electron chi connectivity index (χ4n) is 4.54. The molecule has 0 radical (unpaired) electrons. The number of nitrogens with zero attached hydrogens (tertiary/aromatic N) is 3. The van der Waals surface area contributed by atoms with Crippen LogP contribution in [0.25, 0.3) is 16.8 Å². The van der Waals surface area contributed by atoms with E-state index in [0.29, 0.717) is 26.4 Å². The maximum Gasteiger partial charge on any atom is 0.271 e. The number of hydrogen-bond acceptors (Lipinski definition) is 5. The minimum Gasteiger partial charge on any atom is -0.496 e. The molecule has 1 aliphatic heterocycles. The Morgan fingerprint density at radius 3 is 2.64 bits per heavy atom. The minimum atomic E-state index is -0.629. The van der Waals surface area contributed by atoms with Gasteiger partial charge in [0, 0.05) is 35.8 Å². The lowest BCUT2D eigenvalue weighted by Gasteiger charge is -2.27. The molecule has 1 aliphatic rings. The van der Waals surface area contributed by atoms with Crippen LogP contribution in [0, 0.1) is 0 Å². The molecule has 0 fully saturated rings. The van der Waals surface area contributed by atoms with E-state index in [1.165, 1.54) is 18.3 Å². The van der Waals surface area contributed by atoms with E-state index in [9.17, 15) is 9.59 Å². The first-order chi connectivity index (χ1) is 15.9. The molecule has 6 nitrogen and oxygen atoms in total. The number of ether oxygens (including phenoxy) is 1. The number of rotatable bonds is 4. The van der Waals surface area contributed by atoms with Crippen molar-refractivity contribution >= 4 is 34.0 Å². The van der Waals surface area contributed by atoms with Crippen LogP contribution in [0.2, 0.25) is 0 Å². The normalized spacial score (nSPS) is 16.1. The van der Waals surface area contributed by atoms with E-state index >= 15 is 0 Å². The van der Waals surface area contributed by atoms with Gasteiger partial charge in [0.1, 0.15) is 5.75 Å². The number of carbonyl (C=O) groups excluding carboxylic acids is 1. The zero-order valence-corrected chi connectivity index (χ0v) is 19.6. The van der Waals surface area contributed by atoms with Gasteiger partial charge in [-0.2, -0.15) is 0 Å². The van der Waals surface area contributed by atoms with Gasteiger partial charge in [-0.3, -0.25) is 14.2 Å². The van der Waals surface area contributed by atoms with Crippen molar-refractivity contribution < 1.29 is 9.53 Å². The summed E-state index contributed by atoms with van der Waals surface area (Å²) < 4.78 is 9.91. The van der Waals surface area contributed by atoms with E-state index in [-0.39, 0.29) is 11.3 Å². The van der Waals surface area contributed by atoms with Crippen molar-refractivity contribution in [1.29, 1.82) is 0 Å². The van der Waals surface area contributed by atoms with Crippen molar-refractivity contribution in [2.24, 2.45) is 12.0 Å². The van der Waals surface area contributed by atoms with Crippen molar-refractivity contribution in [3.8, 4) is 5.75 Å². The highest BCUT2D eigenvalue weighted by Gasteiger charge is 2.33. The molecule has 0 amide bonds. The van der Waals surface area contributed by atoms with Crippen molar-refractivity contribution in [1.82, 2.24) is 9.13 Å². The number of aromatic nitrogens is 2. The van der Waals surface area contributed by atoms with Gasteiger partial charge >= 0.3 is 0 Å². The molecule has 7 heteroatoms. The summed E-state index contributed by atoms with van der Waals surface area (Å²) in [7, 11) is 3.54. The van der Waals surface area contributed by atoms with Gasteiger partial charge in [0.2, 0.25) is 0 Å². The Morgan fingerprint density at radius 2 is 1.94 bits per heavy atom. The summed E-state index contributed by atoms with van der Waals surface area (Å²) in [4.78, 5) is 31.9. The van der Waals surface area contributed by atoms with E-state index in [1.54, 1.807) is 11.7 Å². The second-order valence-electron chi connectivity index (χ2n) is 8.08. The van der Waals surface area contributed by atoms with Crippen molar-refractivity contribution in [3.05, 3.63) is 96.9 Å². The van der Waals surface area contributed by atoms with Gasteiger partial charge in [0.15, 0.2) is 10.6 Å². The van der Waals surface area contributed by atoms with E-state index in [4.69, 9.17) is 4.74 Å². The number of hydrogen-bond donors (Lipinski definition) is 0. The summed E-state index contributed by atoms with van der Waals surface area (Å²) in [5.74, 6) is 0.511. The molecular weight excluding hydrogens is 434 g/mol. The van der Waals surface area contributed by atoms with Crippen LogP contribution in [-0.4, -0.2) is 22.0 Å². The number of benzene rings is 2. The number of aryl methyl sites for hydroxylation is 1. The Kier molecular flexibility index (Phi) is 5.13. The SMILES string of the molecule is COc1ccc2ccccc2c1[C@@H]1C(C(C)=O)=C(C)N=c2s/c(=C\c3cccn3C)c(=O)n21. The second-order valence-corrected chi connectivity index (χ2v) is 9.09. The second kappa shape index (κ2) is 8.01. The Hall–Kier alpha value is -3.71. The van der Waals surface area contributed by atoms with Crippen LogP contribution in [0.15, 0.2) is 75.8 Å². The number of ketones is 1. The Morgan fingerprint density at radius 1 is 1.15 bits per heavy atom. The van der Waals surface area contributed by atoms with Crippen LogP contribution >= 0.6 is 11.3 Å². The molecule has 0 saturated heterocycles. The van der Waals surface area contributed by atoms with Crippen LogP contribution in [0.1, 0.15) is 31.1 Å². The Labute approximate surface area is 194 Å². The predicted molar refractivity (Wildman–Crippen MR) is 130 cm³/mol. The van der Waals surface area contributed by atoms with Crippen molar-refractivity contribution in [2.75, 3.05) is 7.11 Å². The molecular formula is C26H23N3O3S. The van der Waals surface area contributed by atoms with Gasteiger partial charge in [-0.25, -0.2) is 4.99 Å². The number of fused-ring (bicyclic) bond motifs is 2. The van der Waals surface area contributed by atoms with E-state index in [0.717, 1.165) is 22.0 Å². The van der Waals surface area contributed by atoms with E-state index < -0.39 is 6.04 Å². The van der Waals surface area contributed by atoms with Crippen LogP contribution in [-0.2, 0) is 11.8 Å². The molecule has 2 aromatic carbocycles. The number of allylic oxidation sites excluding steroid dienone is 2. The van der Waals surface area contributed by atoms with Crippen LogP contribution in [0.5, 0.6) is 5.75 Å². The zero-order valence-electron chi connectivity index (χ0n) is 18.8. The smallest absolute Gasteiger partial charge is 0.271 e.